The summed E-state index contributed by atoms with van der Waals surface area (Å²) in [6, 6.07) is 9.41. The fourth-order valence-corrected chi connectivity index (χ4v) is 1.50. The van der Waals surface area contributed by atoms with Gasteiger partial charge in [0.1, 0.15) is 6.04 Å². The van der Waals surface area contributed by atoms with E-state index >= 15 is 0 Å². The third kappa shape index (κ3) is 2.88. The zero-order chi connectivity index (χ0) is 10.4. The van der Waals surface area contributed by atoms with Gasteiger partial charge in [0.2, 0.25) is 0 Å². The van der Waals surface area contributed by atoms with Crippen molar-refractivity contribution in [3.8, 4) is 18.4 Å². The molecule has 0 fully saturated rings. The highest BCUT2D eigenvalue weighted by atomic mass is 79.9. The third-order valence-corrected chi connectivity index (χ3v) is 2.21. The Labute approximate surface area is 92.1 Å². The normalized spacial score (nSPS) is 11.4. The molecule has 1 unspecified atom stereocenters. The Hall–Kier alpha value is -1.29. The first kappa shape index (κ1) is 10.8. The molecule has 0 aliphatic rings. The van der Waals surface area contributed by atoms with Crippen LogP contribution in [-0.2, 0) is 0 Å². The SMILES string of the molecule is C#CCNC(C#N)c1cccc(Br)c1. The van der Waals surface area contributed by atoms with E-state index in [1.165, 1.54) is 0 Å². The largest absolute Gasteiger partial charge is 0.287 e. The fourth-order valence-electron chi connectivity index (χ4n) is 1.09. The number of hydrogen-bond acceptors (Lipinski definition) is 2. The first-order valence-electron chi connectivity index (χ1n) is 4.10. The smallest absolute Gasteiger partial charge is 0.122 e. The van der Waals surface area contributed by atoms with E-state index in [0.29, 0.717) is 6.54 Å². The van der Waals surface area contributed by atoms with Crippen LogP contribution in [-0.4, -0.2) is 6.54 Å². The van der Waals surface area contributed by atoms with Crippen LogP contribution in [0.2, 0.25) is 0 Å². The number of hydrogen-bond donors (Lipinski definition) is 1. The van der Waals surface area contributed by atoms with Gasteiger partial charge in [0.05, 0.1) is 12.6 Å². The maximum Gasteiger partial charge on any atom is 0.122 e. The molecule has 1 rings (SSSR count). The highest BCUT2D eigenvalue weighted by molar-refractivity contribution is 9.10. The second kappa shape index (κ2) is 5.44. The molecule has 0 aliphatic heterocycles. The summed E-state index contributed by atoms with van der Waals surface area (Å²) in [4.78, 5) is 0. The maximum absolute atomic E-state index is 8.90. The third-order valence-electron chi connectivity index (χ3n) is 1.72. The lowest BCUT2D eigenvalue weighted by molar-refractivity contribution is 0.690. The number of rotatable bonds is 3. The fraction of sp³-hybridized carbons (Fsp3) is 0.182. The van der Waals surface area contributed by atoms with Gasteiger partial charge in [-0.15, -0.1) is 6.42 Å². The van der Waals surface area contributed by atoms with Crippen LogP contribution in [0.1, 0.15) is 11.6 Å². The Balaban J connectivity index is 2.81. The average molecular weight is 249 g/mol. The Morgan fingerprint density at radius 2 is 2.36 bits per heavy atom. The van der Waals surface area contributed by atoms with Gasteiger partial charge in [-0.2, -0.15) is 5.26 Å². The summed E-state index contributed by atoms with van der Waals surface area (Å²) in [5, 5.41) is 11.8. The van der Waals surface area contributed by atoms with E-state index in [4.69, 9.17) is 11.7 Å². The van der Waals surface area contributed by atoms with Crippen molar-refractivity contribution in [1.29, 1.82) is 5.26 Å². The number of halogens is 1. The molecule has 0 bridgehead atoms. The quantitative estimate of drug-likeness (QED) is 0.834. The molecule has 1 atom stereocenters. The van der Waals surface area contributed by atoms with Crippen molar-refractivity contribution in [2.24, 2.45) is 0 Å². The second-order valence-corrected chi connectivity index (χ2v) is 3.62. The average Bonchev–Trinajstić information content (AvgIpc) is 2.19. The van der Waals surface area contributed by atoms with Crippen molar-refractivity contribution in [2.75, 3.05) is 6.54 Å². The van der Waals surface area contributed by atoms with Crippen LogP contribution in [0.25, 0.3) is 0 Å². The van der Waals surface area contributed by atoms with Gasteiger partial charge in [0, 0.05) is 4.47 Å². The predicted molar refractivity (Wildman–Crippen MR) is 59.3 cm³/mol. The molecule has 1 N–H and O–H groups in total. The highest BCUT2D eigenvalue weighted by Crippen LogP contribution is 2.17. The van der Waals surface area contributed by atoms with Gasteiger partial charge in [-0.25, -0.2) is 0 Å². The molecule has 0 saturated heterocycles. The predicted octanol–water partition coefficient (Wildman–Crippen LogP) is 2.24. The number of benzene rings is 1. The lowest BCUT2D eigenvalue weighted by atomic mass is 10.1. The molecule has 0 aromatic heterocycles. The van der Waals surface area contributed by atoms with E-state index in [0.717, 1.165) is 10.0 Å². The van der Waals surface area contributed by atoms with Crippen molar-refractivity contribution in [2.45, 2.75) is 6.04 Å². The topological polar surface area (TPSA) is 35.8 Å². The minimum Gasteiger partial charge on any atom is -0.287 e. The molecule has 0 amide bonds. The molecule has 70 valence electrons. The van der Waals surface area contributed by atoms with Crippen LogP contribution < -0.4 is 5.32 Å². The first-order valence-corrected chi connectivity index (χ1v) is 4.89. The van der Waals surface area contributed by atoms with Gasteiger partial charge in [-0.1, -0.05) is 34.0 Å². The van der Waals surface area contributed by atoms with E-state index in [1.54, 1.807) is 0 Å². The van der Waals surface area contributed by atoms with E-state index in [2.05, 4.69) is 33.2 Å². The Morgan fingerprint density at radius 3 is 2.93 bits per heavy atom. The summed E-state index contributed by atoms with van der Waals surface area (Å²) < 4.78 is 0.956. The highest BCUT2D eigenvalue weighted by Gasteiger charge is 2.08. The monoisotopic (exact) mass is 248 g/mol. The summed E-state index contributed by atoms with van der Waals surface area (Å²) in [6.45, 7) is 0.394. The molecule has 14 heavy (non-hydrogen) atoms. The molecule has 2 nitrogen and oxygen atoms in total. The lowest BCUT2D eigenvalue weighted by Crippen LogP contribution is -2.19. The van der Waals surface area contributed by atoms with Gasteiger partial charge >= 0.3 is 0 Å². The van der Waals surface area contributed by atoms with Crippen LogP contribution in [0.5, 0.6) is 0 Å². The van der Waals surface area contributed by atoms with Gasteiger partial charge in [0.15, 0.2) is 0 Å². The van der Waals surface area contributed by atoms with Crippen molar-refractivity contribution in [3.05, 3.63) is 34.3 Å². The second-order valence-electron chi connectivity index (χ2n) is 2.70. The molecule has 0 radical (unpaired) electrons. The lowest BCUT2D eigenvalue weighted by Gasteiger charge is -2.09. The van der Waals surface area contributed by atoms with Crippen LogP contribution in [0.3, 0.4) is 0 Å². The minimum absolute atomic E-state index is 0.344. The number of terminal acetylenes is 1. The van der Waals surface area contributed by atoms with Crippen LogP contribution >= 0.6 is 15.9 Å². The Kier molecular flexibility index (Phi) is 4.19. The van der Waals surface area contributed by atoms with Crippen molar-refractivity contribution >= 4 is 15.9 Å². The molecule has 0 saturated carbocycles. The molecule has 1 aromatic carbocycles. The van der Waals surface area contributed by atoms with Crippen LogP contribution in [0.15, 0.2) is 28.7 Å². The van der Waals surface area contributed by atoms with Gasteiger partial charge < -0.3 is 0 Å². The van der Waals surface area contributed by atoms with Gasteiger partial charge in [0.25, 0.3) is 0 Å². The summed E-state index contributed by atoms with van der Waals surface area (Å²) in [6.07, 6.45) is 5.11. The van der Waals surface area contributed by atoms with Crippen LogP contribution in [0.4, 0.5) is 0 Å². The molecule has 0 heterocycles. The van der Waals surface area contributed by atoms with Gasteiger partial charge in [-0.05, 0) is 17.7 Å². The van der Waals surface area contributed by atoms with Crippen LogP contribution in [0, 0.1) is 23.7 Å². The summed E-state index contributed by atoms with van der Waals surface area (Å²) in [5.74, 6) is 2.44. The van der Waals surface area contributed by atoms with E-state index in [-0.39, 0.29) is 6.04 Å². The molecule has 0 spiro atoms. The van der Waals surface area contributed by atoms with Crippen molar-refractivity contribution in [3.63, 3.8) is 0 Å². The standard InChI is InChI=1S/C11H9BrN2/c1-2-6-14-11(8-13)9-4-3-5-10(12)7-9/h1,3-5,7,11,14H,6H2. The minimum atomic E-state index is -0.344. The van der Waals surface area contributed by atoms with Crippen molar-refractivity contribution in [1.82, 2.24) is 5.32 Å². The molecular weight excluding hydrogens is 240 g/mol. The Bertz CT molecular complexity index is 387. The number of nitrogens with one attached hydrogen (secondary N) is 1. The van der Waals surface area contributed by atoms with E-state index in [9.17, 15) is 0 Å². The Morgan fingerprint density at radius 1 is 1.57 bits per heavy atom. The molecule has 0 aliphatic carbocycles. The molecule has 3 heteroatoms. The zero-order valence-electron chi connectivity index (χ0n) is 7.50. The van der Waals surface area contributed by atoms with Crippen molar-refractivity contribution < 1.29 is 0 Å². The maximum atomic E-state index is 8.90. The first-order chi connectivity index (χ1) is 6.77. The van der Waals surface area contributed by atoms with E-state index in [1.807, 2.05) is 24.3 Å². The molecule has 1 aromatic rings. The zero-order valence-corrected chi connectivity index (χ0v) is 9.08. The number of nitriles is 1. The number of nitrogens with zero attached hydrogens (tertiary/aromatic N) is 1. The molecular formula is C11H9BrN2. The summed E-state index contributed by atoms with van der Waals surface area (Å²) in [7, 11) is 0. The summed E-state index contributed by atoms with van der Waals surface area (Å²) in [5.41, 5.74) is 0.914. The van der Waals surface area contributed by atoms with Gasteiger partial charge in [-0.3, -0.25) is 5.32 Å². The summed E-state index contributed by atoms with van der Waals surface area (Å²) >= 11 is 3.35. The van der Waals surface area contributed by atoms with E-state index < -0.39 is 0 Å².